The van der Waals surface area contributed by atoms with Gasteiger partial charge in [-0.25, -0.2) is 0 Å². The molecule has 0 aliphatic carbocycles. The third kappa shape index (κ3) is 4.60. The molecule has 1 heterocycles. The number of furan rings is 1. The molecule has 0 aromatic carbocycles. The highest BCUT2D eigenvalue weighted by atomic mass is 127. The van der Waals surface area contributed by atoms with Gasteiger partial charge in [0.1, 0.15) is 5.76 Å². The lowest BCUT2D eigenvalue weighted by molar-refractivity contribution is -0.125. The van der Waals surface area contributed by atoms with Crippen molar-refractivity contribution in [1.29, 1.82) is 0 Å². The van der Waals surface area contributed by atoms with Crippen molar-refractivity contribution in [3.8, 4) is 0 Å². The number of rotatable bonds is 6. The third-order valence-corrected chi connectivity index (χ3v) is 2.57. The second-order valence-electron chi connectivity index (χ2n) is 3.30. The van der Waals surface area contributed by atoms with Crippen LogP contribution >= 0.6 is 22.6 Å². The zero-order chi connectivity index (χ0) is 12.7. The van der Waals surface area contributed by atoms with Crippen molar-refractivity contribution < 1.29 is 9.21 Å². The Balaban J connectivity index is 2.65. The molecule has 0 bridgehead atoms. The van der Waals surface area contributed by atoms with Gasteiger partial charge in [0.05, 0.1) is 0 Å². The van der Waals surface area contributed by atoms with E-state index in [1.807, 2.05) is 12.1 Å². The van der Waals surface area contributed by atoms with E-state index in [-0.39, 0.29) is 5.91 Å². The summed E-state index contributed by atoms with van der Waals surface area (Å²) >= 11 is 2.08. The fourth-order valence-corrected chi connectivity index (χ4v) is 1.68. The van der Waals surface area contributed by atoms with Crippen LogP contribution < -0.4 is 0 Å². The number of halogens is 1. The van der Waals surface area contributed by atoms with E-state index in [1.165, 1.54) is 6.08 Å². The molecule has 17 heavy (non-hydrogen) atoms. The smallest absolute Gasteiger partial charge is 0.247 e. The van der Waals surface area contributed by atoms with Crippen molar-refractivity contribution in [3.63, 3.8) is 0 Å². The van der Waals surface area contributed by atoms with Crippen molar-refractivity contribution >= 4 is 34.6 Å². The average molecular weight is 343 g/mol. The van der Waals surface area contributed by atoms with Crippen LogP contribution in [0.5, 0.6) is 0 Å². The van der Waals surface area contributed by atoms with Crippen LogP contribution in [0.2, 0.25) is 0 Å². The minimum Gasteiger partial charge on any atom is -0.451 e. The highest BCUT2D eigenvalue weighted by molar-refractivity contribution is 14.1. The summed E-state index contributed by atoms with van der Waals surface area (Å²) in [5, 5.41) is 0. The molecule has 3 nitrogen and oxygen atoms in total. The topological polar surface area (TPSA) is 33.5 Å². The van der Waals surface area contributed by atoms with E-state index < -0.39 is 0 Å². The van der Waals surface area contributed by atoms with Crippen LogP contribution in [0.15, 0.2) is 47.9 Å². The predicted molar refractivity (Wildman–Crippen MR) is 77.4 cm³/mol. The molecule has 1 aromatic heterocycles. The Morgan fingerprint density at radius 3 is 2.47 bits per heavy atom. The molecule has 0 atom stereocenters. The van der Waals surface area contributed by atoms with E-state index in [9.17, 15) is 4.79 Å². The van der Waals surface area contributed by atoms with Crippen LogP contribution in [0.4, 0.5) is 0 Å². The number of carbonyl (C=O) groups is 1. The molecule has 0 saturated heterocycles. The maximum atomic E-state index is 11.8. The molecule has 1 aromatic rings. The standard InChI is InChI=1S/C13H14INO2/c1-3-9-15(10-4-2)13(16)8-6-11-5-7-12(14)17-11/h3-8H,1-2,9-10H2/b8-6+. The SMILES string of the molecule is C=CCN(CC=C)C(=O)/C=C/c1ccc(I)o1. The van der Waals surface area contributed by atoms with Crippen molar-refractivity contribution in [2.24, 2.45) is 0 Å². The number of carbonyl (C=O) groups excluding carboxylic acids is 1. The van der Waals surface area contributed by atoms with Crippen LogP contribution in [0.25, 0.3) is 6.08 Å². The molecule has 4 heteroatoms. The Morgan fingerprint density at radius 2 is 2.00 bits per heavy atom. The molecule has 0 unspecified atom stereocenters. The minimum absolute atomic E-state index is 0.0868. The third-order valence-electron chi connectivity index (χ3n) is 1.99. The van der Waals surface area contributed by atoms with Gasteiger partial charge in [0.15, 0.2) is 3.77 Å². The van der Waals surface area contributed by atoms with Gasteiger partial charge in [-0.05, 0) is 40.8 Å². The summed E-state index contributed by atoms with van der Waals surface area (Å²) in [6.07, 6.45) is 6.52. The number of amides is 1. The molecular weight excluding hydrogens is 329 g/mol. The number of nitrogens with zero attached hydrogens (tertiary/aromatic N) is 1. The lowest BCUT2D eigenvalue weighted by Crippen LogP contribution is -2.29. The molecule has 0 saturated carbocycles. The second kappa shape index (κ2) is 7.11. The zero-order valence-electron chi connectivity index (χ0n) is 9.43. The van der Waals surface area contributed by atoms with Gasteiger partial charge in [0, 0.05) is 19.2 Å². The first-order valence-corrected chi connectivity index (χ1v) is 6.19. The summed E-state index contributed by atoms with van der Waals surface area (Å²) in [4.78, 5) is 13.4. The van der Waals surface area contributed by atoms with Gasteiger partial charge in [-0.2, -0.15) is 0 Å². The van der Waals surface area contributed by atoms with Gasteiger partial charge in [-0.3, -0.25) is 4.79 Å². The maximum absolute atomic E-state index is 11.8. The number of hydrogen-bond donors (Lipinski definition) is 0. The van der Waals surface area contributed by atoms with Crippen LogP contribution in [0, 0.1) is 3.77 Å². The van der Waals surface area contributed by atoms with E-state index in [1.54, 1.807) is 23.1 Å². The van der Waals surface area contributed by atoms with E-state index in [0.29, 0.717) is 18.8 Å². The summed E-state index contributed by atoms with van der Waals surface area (Å²) in [7, 11) is 0. The van der Waals surface area contributed by atoms with Crippen molar-refractivity contribution in [2.75, 3.05) is 13.1 Å². The lowest BCUT2D eigenvalue weighted by Gasteiger charge is -2.16. The van der Waals surface area contributed by atoms with Gasteiger partial charge in [-0.15, -0.1) is 13.2 Å². The molecule has 0 aliphatic heterocycles. The molecule has 0 spiro atoms. The first-order valence-electron chi connectivity index (χ1n) is 5.11. The van der Waals surface area contributed by atoms with Gasteiger partial charge in [0.2, 0.25) is 5.91 Å². The van der Waals surface area contributed by atoms with Gasteiger partial charge < -0.3 is 9.32 Å². The van der Waals surface area contributed by atoms with E-state index in [4.69, 9.17) is 4.42 Å². The highest BCUT2D eigenvalue weighted by Gasteiger charge is 2.06. The van der Waals surface area contributed by atoms with Gasteiger partial charge in [0.25, 0.3) is 0 Å². The van der Waals surface area contributed by atoms with E-state index in [2.05, 4.69) is 35.7 Å². The van der Waals surface area contributed by atoms with Crippen molar-refractivity contribution in [3.05, 3.63) is 53.0 Å². The van der Waals surface area contributed by atoms with Gasteiger partial charge >= 0.3 is 0 Å². The number of hydrogen-bond acceptors (Lipinski definition) is 2. The maximum Gasteiger partial charge on any atom is 0.247 e. The quantitative estimate of drug-likeness (QED) is 0.452. The molecule has 0 N–H and O–H groups in total. The molecule has 0 aliphatic rings. The predicted octanol–water partition coefficient (Wildman–Crippen LogP) is 3.10. The fraction of sp³-hybridized carbons (Fsp3) is 0.154. The first-order chi connectivity index (χ1) is 8.17. The highest BCUT2D eigenvalue weighted by Crippen LogP contribution is 2.11. The Hall–Kier alpha value is -1.30. The average Bonchev–Trinajstić information content (AvgIpc) is 2.72. The summed E-state index contributed by atoms with van der Waals surface area (Å²) in [5.41, 5.74) is 0. The van der Waals surface area contributed by atoms with E-state index >= 15 is 0 Å². The van der Waals surface area contributed by atoms with Gasteiger partial charge in [-0.1, -0.05) is 12.2 Å². The molecule has 0 fully saturated rings. The first kappa shape index (κ1) is 13.8. The normalized spacial score (nSPS) is 10.4. The molecule has 1 rings (SSSR count). The Bertz CT molecular complexity index is 424. The largest absolute Gasteiger partial charge is 0.451 e. The van der Waals surface area contributed by atoms with Crippen molar-refractivity contribution in [2.45, 2.75) is 0 Å². The molecule has 90 valence electrons. The minimum atomic E-state index is -0.0868. The zero-order valence-corrected chi connectivity index (χ0v) is 11.6. The van der Waals surface area contributed by atoms with Crippen LogP contribution in [0.1, 0.15) is 5.76 Å². The van der Waals surface area contributed by atoms with Crippen LogP contribution in [-0.4, -0.2) is 23.9 Å². The van der Waals surface area contributed by atoms with Crippen LogP contribution in [0.3, 0.4) is 0 Å². The Morgan fingerprint density at radius 1 is 1.35 bits per heavy atom. The van der Waals surface area contributed by atoms with Crippen molar-refractivity contribution in [1.82, 2.24) is 4.90 Å². The second-order valence-corrected chi connectivity index (χ2v) is 4.36. The Labute approximate surface area is 115 Å². The molecule has 0 radical (unpaired) electrons. The monoisotopic (exact) mass is 343 g/mol. The van der Waals surface area contributed by atoms with E-state index in [0.717, 1.165) is 3.77 Å². The summed E-state index contributed by atoms with van der Waals surface area (Å²) in [6, 6.07) is 3.66. The molecule has 1 amide bonds. The Kier molecular flexibility index (Phi) is 5.76. The summed E-state index contributed by atoms with van der Waals surface area (Å²) in [5.74, 6) is 0.580. The lowest BCUT2D eigenvalue weighted by atomic mass is 10.3. The summed E-state index contributed by atoms with van der Waals surface area (Å²) in [6.45, 7) is 8.24. The van der Waals surface area contributed by atoms with Crippen LogP contribution in [-0.2, 0) is 4.79 Å². The summed E-state index contributed by atoms with van der Waals surface area (Å²) < 4.78 is 6.12. The fourth-order valence-electron chi connectivity index (χ4n) is 1.24. The molecular formula is C13H14INO2.